The Morgan fingerprint density at radius 1 is 0.917 bits per heavy atom. The van der Waals surface area contributed by atoms with E-state index in [0.717, 1.165) is 85.8 Å². The van der Waals surface area contributed by atoms with Gasteiger partial charge >= 0.3 is 0 Å². The first-order chi connectivity index (χ1) is 34.5. The van der Waals surface area contributed by atoms with Crippen molar-refractivity contribution in [3.8, 4) is 10.4 Å². The van der Waals surface area contributed by atoms with E-state index in [2.05, 4.69) is 40.7 Å². The molecule has 1 aliphatic carbocycles. The predicted molar refractivity (Wildman–Crippen MR) is 275 cm³/mol. The van der Waals surface area contributed by atoms with Crippen molar-refractivity contribution < 1.29 is 33.8 Å². The van der Waals surface area contributed by atoms with Crippen molar-refractivity contribution in [1.82, 2.24) is 44.9 Å². The van der Waals surface area contributed by atoms with Gasteiger partial charge in [-0.3, -0.25) is 33.4 Å². The van der Waals surface area contributed by atoms with E-state index >= 15 is 0 Å². The zero-order chi connectivity index (χ0) is 51.1. The Bertz CT molecular complexity index is 2780. The van der Waals surface area contributed by atoms with Crippen LogP contribution in [0.2, 0.25) is 0 Å². The molecule has 4 N–H and O–H groups in total. The van der Waals surface area contributed by atoms with Gasteiger partial charge in [0.1, 0.15) is 30.2 Å². The van der Waals surface area contributed by atoms with Gasteiger partial charge in [0, 0.05) is 69.9 Å². The van der Waals surface area contributed by atoms with Crippen molar-refractivity contribution in [3.63, 3.8) is 0 Å². The number of ether oxygens (including phenoxy) is 2. The molecule has 72 heavy (non-hydrogen) atoms. The Morgan fingerprint density at radius 2 is 1.65 bits per heavy atom. The molecule has 0 bridgehead atoms. The molecule has 20 heteroatoms. The average Bonchev–Trinajstić information content (AvgIpc) is 4.14. The van der Waals surface area contributed by atoms with E-state index in [4.69, 9.17) is 14.5 Å². The molecule has 1 aromatic carbocycles. The van der Waals surface area contributed by atoms with Gasteiger partial charge in [-0.1, -0.05) is 57.9 Å². The number of benzene rings is 1. The number of aliphatic hydroxyl groups is 1. The number of hydrogen-bond donors (Lipinski definition) is 4. The normalized spacial score (nSPS) is 18.2. The fourth-order valence-corrected chi connectivity index (χ4v) is 10.7. The highest BCUT2D eigenvalue weighted by molar-refractivity contribution is 7.13. The highest BCUT2D eigenvalue weighted by Gasteiger charge is 2.44. The number of rotatable bonds is 19. The largest absolute Gasteiger partial charge is 0.391 e. The van der Waals surface area contributed by atoms with E-state index in [-0.39, 0.29) is 61.6 Å². The van der Waals surface area contributed by atoms with Crippen molar-refractivity contribution in [2.24, 2.45) is 5.41 Å². The van der Waals surface area contributed by atoms with Gasteiger partial charge in [-0.15, -0.1) is 11.3 Å². The minimum Gasteiger partial charge on any atom is -0.391 e. The molecule has 1 saturated carbocycles. The van der Waals surface area contributed by atoms with Crippen LogP contribution < -0.4 is 26.4 Å². The summed E-state index contributed by atoms with van der Waals surface area (Å²) in [5.41, 5.74) is 6.06. The van der Waals surface area contributed by atoms with Crippen LogP contribution in [0.1, 0.15) is 93.0 Å². The number of β-amino-alcohol motifs (C(OH)–C–C–N with tert-alkyl or cyclic N) is 1. The van der Waals surface area contributed by atoms with Crippen LogP contribution in [-0.2, 0) is 30.4 Å². The summed E-state index contributed by atoms with van der Waals surface area (Å²) in [5, 5.41) is 20.2. The van der Waals surface area contributed by atoms with Gasteiger partial charge in [0.2, 0.25) is 23.7 Å². The first-order valence-electron chi connectivity index (χ1n) is 24.9. The molecule has 2 saturated heterocycles. The summed E-state index contributed by atoms with van der Waals surface area (Å²) in [7, 11) is 0. The van der Waals surface area contributed by atoms with Gasteiger partial charge in [0.15, 0.2) is 5.78 Å². The number of hydrogen-bond acceptors (Lipinski definition) is 16. The van der Waals surface area contributed by atoms with Crippen molar-refractivity contribution in [1.29, 1.82) is 0 Å². The summed E-state index contributed by atoms with van der Waals surface area (Å²) in [6, 6.07) is 9.93. The molecule has 8 rings (SSSR count). The minimum atomic E-state index is -0.961. The average molecular weight is 1010 g/mol. The number of carbonyl (C=O) groups is 4. The molecule has 3 amide bonds. The highest BCUT2D eigenvalue weighted by Crippen LogP contribution is 2.33. The van der Waals surface area contributed by atoms with Crippen molar-refractivity contribution >= 4 is 63.3 Å². The van der Waals surface area contributed by atoms with Crippen LogP contribution in [0.15, 0.2) is 59.1 Å². The van der Waals surface area contributed by atoms with Gasteiger partial charge in [-0.25, -0.2) is 15.0 Å². The van der Waals surface area contributed by atoms with E-state index in [1.54, 1.807) is 29.0 Å². The van der Waals surface area contributed by atoms with Gasteiger partial charge in [-0.05, 0) is 67.9 Å². The fraction of sp³-hybridized carbons (Fsp3) is 0.519. The Hall–Kier alpha value is -6.19. The molecule has 0 radical (unpaired) electrons. The summed E-state index contributed by atoms with van der Waals surface area (Å²) in [6.45, 7) is 15.7. The molecule has 3 unspecified atom stereocenters. The third-order valence-electron chi connectivity index (χ3n) is 13.8. The molecule has 3 atom stereocenters. The number of aryl methyl sites for hydroxylation is 2. The van der Waals surface area contributed by atoms with Crippen LogP contribution in [0.3, 0.4) is 0 Å². The quantitative estimate of drug-likeness (QED) is 0.0634. The maximum Gasteiger partial charge on any atom is 0.263 e. The highest BCUT2D eigenvalue weighted by atomic mass is 32.1. The van der Waals surface area contributed by atoms with Crippen LogP contribution in [0.4, 0.5) is 17.5 Å². The van der Waals surface area contributed by atoms with E-state index in [9.17, 15) is 29.1 Å². The third kappa shape index (κ3) is 12.3. The number of fused-ring (bicyclic) bond motifs is 1. The number of thiazole rings is 1. The summed E-state index contributed by atoms with van der Waals surface area (Å²) in [5.74, 6) is -0.629. The monoisotopic (exact) mass is 1010 g/mol. The summed E-state index contributed by atoms with van der Waals surface area (Å²) >= 11 is 1.57. The lowest BCUT2D eigenvalue weighted by atomic mass is 9.85. The molecule has 6 heterocycles. The molecule has 4 aromatic heterocycles. The van der Waals surface area contributed by atoms with E-state index in [1.807, 2.05) is 75.8 Å². The van der Waals surface area contributed by atoms with Crippen molar-refractivity contribution in [3.05, 3.63) is 87.0 Å². The first kappa shape index (κ1) is 52.1. The number of aromatic nitrogens is 5. The van der Waals surface area contributed by atoms with Gasteiger partial charge in [0.05, 0.1) is 59.5 Å². The molecule has 3 aliphatic rings. The Morgan fingerprint density at radius 3 is 2.32 bits per heavy atom. The van der Waals surface area contributed by atoms with E-state index in [0.29, 0.717) is 41.6 Å². The molecule has 3 fully saturated rings. The smallest absolute Gasteiger partial charge is 0.263 e. The second-order valence-corrected chi connectivity index (χ2v) is 20.9. The predicted octanol–water partition coefficient (Wildman–Crippen LogP) is 4.95. The lowest BCUT2D eigenvalue weighted by Crippen LogP contribution is -2.58. The Balaban J connectivity index is 0.732. The topological polar surface area (TPSA) is 226 Å². The van der Waals surface area contributed by atoms with Gasteiger partial charge in [-0.2, -0.15) is 4.98 Å². The van der Waals surface area contributed by atoms with Crippen molar-refractivity contribution in [2.75, 3.05) is 75.9 Å². The molecular weight excluding hydrogens is 939 g/mol. The number of nitrogens with one attached hydrogen (secondary N) is 3. The molecule has 384 valence electrons. The summed E-state index contributed by atoms with van der Waals surface area (Å²) in [4.78, 5) is 92.0. The number of Topliss-reactive ketones (excluding diaryl/α,β-unsaturated/α-hetero) is 1. The number of carbonyl (C=O) groups excluding carboxylic acids is 4. The second kappa shape index (κ2) is 23.1. The third-order valence-corrected chi connectivity index (χ3v) is 14.8. The van der Waals surface area contributed by atoms with Crippen molar-refractivity contribution in [2.45, 2.75) is 104 Å². The van der Waals surface area contributed by atoms with Crippen LogP contribution in [0.25, 0.3) is 21.5 Å². The SMILES string of the molecule is CC(=O)c1c(C)c2cnc(Nc3ccc(N4CCN(CCOCCOCC(=O)NC(C(=O)N5CC(O)CC5C(=O)NCc5ccc(-c6scnc6C)cc5)C(C)(C)C)CC4)cn3)nc2n(C2CCCC2)c1=O. The number of anilines is 3. The fourth-order valence-electron chi connectivity index (χ4n) is 9.86. The number of amides is 3. The van der Waals surface area contributed by atoms with Crippen LogP contribution in [0.5, 0.6) is 0 Å². The zero-order valence-electron chi connectivity index (χ0n) is 42.1. The molecular formula is C52H67N11O8S. The van der Waals surface area contributed by atoms with Gasteiger partial charge in [0.25, 0.3) is 5.56 Å². The number of pyridine rings is 2. The van der Waals surface area contributed by atoms with Crippen LogP contribution in [0, 0.1) is 19.3 Å². The Labute approximate surface area is 423 Å². The molecule has 19 nitrogen and oxygen atoms in total. The number of piperazine rings is 1. The van der Waals surface area contributed by atoms with Crippen LogP contribution >= 0.6 is 11.3 Å². The number of aliphatic hydroxyl groups excluding tert-OH is 1. The van der Waals surface area contributed by atoms with Crippen LogP contribution in [-0.4, -0.2) is 147 Å². The first-order valence-corrected chi connectivity index (χ1v) is 25.8. The number of nitrogens with zero attached hydrogens (tertiary/aromatic N) is 8. The molecule has 5 aromatic rings. The van der Waals surface area contributed by atoms with E-state index in [1.165, 1.54) is 11.8 Å². The molecule has 0 spiro atoms. The Kier molecular flexibility index (Phi) is 16.8. The number of likely N-dealkylation sites (tertiary alicyclic amines) is 1. The second-order valence-electron chi connectivity index (χ2n) is 20.1. The lowest BCUT2D eigenvalue weighted by Gasteiger charge is -2.35. The maximum absolute atomic E-state index is 14.0. The lowest BCUT2D eigenvalue weighted by molar-refractivity contribution is -0.144. The number of ketones is 1. The zero-order valence-corrected chi connectivity index (χ0v) is 42.9. The summed E-state index contributed by atoms with van der Waals surface area (Å²) in [6.07, 6.45) is 6.52. The standard InChI is InChI=1S/C52H67N11O8S/c1-32-40-28-55-51(59-47(40)63(37-9-7-8-10-37)49(68)44(32)34(3)64)57-42-16-15-38(27-53-42)61-19-17-60(18-20-61)21-22-70-23-24-71-30-43(66)58-46(52(4,5)6)50(69)62-29-39(65)25-41(62)48(67)54-26-35-11-13-36(14-12-35)45-33(2)56-31-72-45/h11-16,27-28,31,37,39,41,46,65H,7-10,17-26,29-30H2,1-6H3,(H,54,67)(H,58,66)(H,53,55,57,59). The maximum atomic E-state index is 14.0. The van der Waals surface area contributed by atoms with Gasteiger partial charge < -0.3 is 40.3 Å². The summed E-state index contributed by atoms with van der Waals surface area (Å²) < 4.78 is 13.2. The minimum absolute atomic E-state index is 0.00683. The van der Waals surface area contributed by atoms with E-state index < -0.39 is 35.4 Å². The molecule has 2 aliphatic heterocycles.